The average molecular weight is 347 g/mol. The molecule has 9 heteroatoms. The Morgan fingerprint density at radius 1 is 1.41 bits per heavy atom. The van der Waals surface area contributed by atoms with E-state index in [0.29, 0.717) is 24.3 Å². The number of nitrogens with zero attached hydrogens (tertiary/aromatic N) is 2. The van der Waals surface area contributed by atoms with E-state index in [9.17, 15) is 16.8 Å². The highest BCUT2D eigenvalue weighted by atomic mass is 32.2. The van der Waals surface area contributed by atoms with Gasteiger partial charge in [-0.05, 0) is 25.0 Å². The summed E-state index contributed by atoms with van der Waals surface area (Å²) in [6, 6.07) is 3.24. The van der Waals surface area contributed by atoms with Crippen LogP contribution in [0.4, 0.5) is 11.5 Å². The van der Waals surface area contributed by atoms with Gasteiger partial charge < -0.3 is 4.90 Å². The highest BCUT2D eigenvalue weighted by molar-refractivity contribution is 7.92. The van der Waals surface area contributed by atoms with Crippen LogP contribution in [0.5, 0.6) is 0 Å². The van der Waals surface area contributed by atoms with E-state index in [1.165, 1.54) is 6.20 Å². The number of pyridine rings is 1. The van der Waals surface area contributed by atoms with Gasteiger partial charge in [-0.15, -0.1) is 0 Å². The third-order valence-electron chi connectivity index (χ3n) is 3.61. The number of hydrogen-bond acceptors (Lipinski definition) is 6. The van der Waals surface area contributed by atoms with Gasteiger partial charge in [-0.25, -0.2) is 21.8 Å². The first-order valence-corrected chi connectivity index (χ1v) is 10.6. The SMILES string of the molecule is CCCS(=O)(=O)Nc1ccc(N(C)C2CCS(=O)(=O)C2)nc1. The van der Waals surface area contributed by atoms with E-state index < -0.39 is 19.9 Å². The van der Waals surface area contributed by atoms with Crippen LogP contribution < -0.4 is 9.62 Å². The van der Waals surface area contributed by atoms with E-state index in [4.69, 9.17) is 0 Å². The van der Waals surface area contributed by atoms with Gasteiger partial charge in [-0.3, -0.25) is 4.72 Å². The van der Waals surface area contributed by atoms with Crippen molar-refractivity contribution in [3.8, 4) is 0 Å². The third-order valence-corrected chi connectivity index (χ3v) is 6.85. The Morgan fingerprint density at radius 3 is 2.64 bits per heavy atom. The summed E-state index contributed by atoms with van der Waals surface area (Å²) in [7, 11) is -4.48. The summed E-state index contributed by atoms with van der Waals surface area (Å²) in [6.07, 6.45) is 2.58. The number of rotatable bonds is 6. The van der Waals surface area contributed by atoms with Gasteiger partial charge in [0.2, 0.25) is 10.0 Å². The van der Waals surface area contributed by atoms with Crippen molar-refractivity contribution >= 4 is 31.4 Å². The second-order valence-corrected chi connectivity index (χ2v) is 9.56. The molecule has 1 aliphatic heterocycles. The molecule has 7 nitrogen and oxygen atoms in total. The number of anilines is 2. The fraction of sp³-hybridized carbons (Fsp3) is 0.615. The van der Waals surface area contributed by atoms with Crippen LogP contribution in [0.1, 0.15) is 19.8 Å². The van der Waals surface area contributed by atoms with Crippen LogP contribution in [0.2, 0.25) is 0 Å². The van der Waals surface area contributed by atoms with Gasteiger partial charge in [0.15, 0.2) is 9.84 Å². The Hall–Kier alpha value is -1.35. The molecule has 0 saturated carbocycles. The normalized spacial score (nSPS) is 20.7. The predicted octanol–water partition coefficient (Wildman–Crippen LogP) is 0.857. The summed E-state index contributed by atoms with van der Waals surface area (Å²) in [5, 5.41) is 0. The standard InChI is InChI=1S/C13H21N3O4S2/c1-3-7-22(19,20)15-11-4-5-13(14-9-11)16(2)12-6-8-21(17,18)10-12/h4-5,9,12,15H,3,6-8,10H2,1-2H3. The maximum atomic E-state index is 11.7. The third kappa shape index (κ3) is 4.33. The average Bonchev–Trinajstić information content (AvgIpc) is 2.78. The fourth-order valence-electron chi connectivity index (χ4n) is 2.42. The molecule has 0 bridgehead atoms. The van der Waals surface area contributed by atoms with Gasteiger partial charge in [0.05, 0.1) is 29.1 Å². The Bertz CT molecular complexity index is 714. The van der Waals surface area contributed by atoms with E-state index in [1.807, 2.05) is 4.90 Å². The Labute approximate surface area is 131 Å². The summed E-state index contributed by atoms with van der Waals surface area (Å²) in [6.45, 7) is 1.80. The topological polar surface area (TPSA) is 96.4 Å². The van der Waals surface area contributed by atoms with Crippen molar-refractivity contribution in [3.05, 3.63) is 18.3 Å². The molecule has 0 amide bonds. The lowest BCUT2D eigenvalue weighted by molar-refractivity contribution is 0.598. The Kier molecular flexibility index (Phi) is 4.96. The van der Waals surface area contributed by atoms with E-state index in [1.54, 1.807) is 26.1 Å². The molecule has 1 N–H and O–H groups in total. The maximum absolute atomic E-state index is 11.7. The van der Waals surface area contributed by atoms with Crippen LogP contribution in [-0.4, -0.2) is 52.2 Å². The van der Waals surface area contributed by atoms with E-state index in [2.05, 4.69) is 9.71 Å². The van der Waals surface area contributed by atoms with Crippen LogP contribution in [0, 0.1) is 0 Å². The number of aromatic nitrogens is 1. The molecule has 1 fully saturated rings. The molecule has 0 radical (unpaired) electrons. The summed E-state index contributed by atoms with van der Waals surface area (Å²) in [5.74, 6) is 1.03. The van der Waals surface area contributed by atoms with Crippen LogP contribution in [0.15, 0.2) is 18.3 Å². The number of hydrogen-bond donors (Lipinski definition) is 1. The van der Waals surface area contributed by atoms with E-state index in [-0.39, 0.29) is 23.3 Å². The van der Waals surface area contributed by atoms with Crippen molar-refractivity contribution in [2.24, 2.45) is 0 Å². The first kappa shape index (κ1) is 17.0. The van der Waals surface area contributed by atoms with Crippen LogP contribution in [0.25, 0.3) is 0 Å². The van der Waals surface area contributed by atoms with Gasteiger partial charge in [-0.1, -0.05) is 6.92 Å². The van der Waals surface area contributed by atoms with Crippen molar-refractivity contribution in [1.82, 2.24) is 4.98 Å². The minimum absolute atomic E-state index is 0.0641. The molecule has 2 heterocycles. The maximum Gasteiger partial charge on any atom is 0.232 e. The highest BCUT2D eigenvalue weighted by Gasteiger charge is 2.31. The first-order chi connectivity index (χ1) is 10.2. The van der Waals surface area contributed by atoms with Gasteiger partial charge in [0.25, 0.3) is 0 Å². The lowest BCUT2D eigenvalue weighted by atomic mass is 10.2. The molecule has 1 aliphatic rings. The molecular formula is C13H21N3O4S2. The lowest BCUT2D eigenvalue weighted by Gasteiger charge is -2.24. The Morgan fingerprint density at radius 2 is 2.14 bits per heavy atom. The summed E-state index contributed by atoms with van der Waals surface area (Å²) < 4.78 is 48.9. The van der Waals surface area contributed by atoms with Crippen molar-refractivity contribution in [1.29, 1.82) is 0 Å². The largest absolute Gasteiger partial charge is 0.356 e. The minimum atomic E-state index is -3.33. The van der Waals surface area contributed by atoms with Gasteiger partial charge in [0.1, 0.15) is 5.82 Å². The fourth-order valence-corrected chi connectivity index (χ4v) is 5.32. The molecular weight excluding hydrogens is 326 g/mol. The first-order valence-electron chi connectivity index (χ1n) is 7.12. The monoisotopic (exact) mass is 347 g/mol. The quantitative estimate of drug-likeness (QED) is 0.820. The predicted molar refractivity (Wildman–Crippen MR) is 87.4 cm³/mol. The Balaban J connectivity index is 2.06. The molecule has 1 atom stereocenters. The molecule has 124 valence electrons. The van der Waals surface area contributed by atoms with Gasteiger partial charge in [0, 0.05) is 13.1 Å². The molecule has 2 rings (SSSR count). The van der Waals surface area contributed by atoms with Crippen molar-refractivity contribution < 1.29 is 16.8 Å². The van der Waals surface area contributed by atoms with Crippen molar-refractivity contribution in [3.63, 3.8) is 0 Å². The zero-order chi connectivity index (χ0) is 16.4. The van der Waals surface area contributed by atoms with Gasteiger partial charge in [-0.2, -0.15) is 0 Å². The molecule has 1 unspecified atom stereocenters. The van der Waals surface area contributed by atoms with E-state index in [0.717, 1.165) is 0 Å². The summed E-state index contributed by atoms with van der Waals surface area (Å²) in [4.78, 5) is 6.05. The van der Waals surface area contributed by atoms with Crippen molar-refractivity contribution in [2.45, 2.75) is 25.8 Å². The summed E-state index contributed by atoms with van der Waals surface area (Å²) >= 11 is 0. The van der Waals surface area contributed by atoms with Gasteiger partial charge >= 0.3 is 0 Å². The smallest absolute Gasteiger partial charge is 0.232 e. The molecule has 22 heavy (non-hydrogen) atoms. The van der Waals surface area contributed by atoms with Crippen molar-refractivity contribution in [2.75, 3.05) is 33.9 Å². The zero-order valence-corrected chi connectivity index (χ0v) is 14.3. The molecule has 1 saturated heterocycles. The highest BCUT2D eigenvalue weighted by Crippen LogP contribution is 2.22. The van der Waals surface area contributed by atoms with Crippen LogP contribution in [0.3, 0.4) is 0 Å². The zero-order valence-electron chi connectivity index (χ0n) is 12.7. The molecule has 1 aromatic heterocycles. The number of sulfone groups is 1. The molecule has 1 aromatic rings. The summed E-state index contributed by atoms with van der Waals surface area (Å²) in [5.41, 5.74) is 0.407. The lowest BCUT2D eigenvalue weighted by Crippen LogP contribution is -2.33. The van der Waals surface area contributed by atoms with E-state index >= 15 is 0 Å². The van der Waals surface area contributed by atoms with Crippen LogP contribution in [-0.2, 0) is 19.9 Å². The number of nitrogens with one attached hydrogen (secondary N) is 1. The molecule has 0 aromatic carbocycles. The second kappa shape index (κ2) is 6.41. The minimum Gasteiger partial charge on any atom is -0.356 e. The second-order valence-electron chi connectivity index (χ2n) is 5.49. The molecule has 0 aliphatic carbocycles. The van der Waals surface area contributed by atoms with Crippen LogP contribution >= 0.6 is 0 Å². The number of sulfonamides is 1. The molecule has 0 spiro atoms.